The van der Waals surface area contributed by atoms with Crippen LogP contribution in [0.5, 0.6) is 0 Å². The highest BCUT2D eigenvalue weighted by Gasteiger charge is 2.21. The van der Waals surface area contributed by atoms with E-state index < -0.39 is 15.9 Å². The van der Waals surface area contributed by atoms with E-state index in [1.165, 1.54) is 6.92 Å². The molecule has 1 heterocycles. The third-order valence-corrected chi connectivity index (χ3v) is 7.01. The predicted octanol–water partition coefficient (Wildman–Crippen LogP) is 4.08. The largest absolute Gasteiger partial charge is 0.326 e. The van der Waals surface area contributed by atoms with Gasteiger partial charge in [0.25, 0.3) is 15.9 Å². The number of nitrogens with one attached hydrogen (secondary N) is 3. The number of anilines is 3. The van der Waals surface area contributed by atoms with E-state index in [0.717, 1.165) is 16.9 Å². The fourth-order valence-electron chi connectivity index (χ4n) is 2.95. The van der Waals surface area contributed by atoms with Crippen molar-refractivity contribution >= 4 is 49.7 Å². The summed E-state index contributed by atoms with van der Waals surface area (Å²) < 4.78 is 28.0. The smallest absolute Gasteiger partial charge is 0.267 e. The molecule has 0 saturated heterocycles. The number of amides is 2. The molecule has 8 nitrogen and oxygen atoms in total. The van der Waals surface area contributed by atoms with Gasteiger partial charge >= 0.3 is 0 Å². The SMILES string of the molecule is CC(=O)Nc1ccc(NC(=O)c2sc(NS(=O)(=O)c3ccc(C)cc3C)nc2C)cc1. The molecular formula is C21H22N4O4S2. The molecule has 2 amide bonds. The van der Waals surface area contributed by atoms with Crippen LogP contribution in [0.25, 0.3) is 0 Å². The summed E-state index contributed by atoms with van der Waals surface area (Å²) in [5.74, 6) is -0.591. The first-order valence-corrected chi connectivity index (χ1v) is 11.6. The Morgan fingerprint density at radius 2 is 1.55 bits per heavy atom. The number of aryl methyl sites for hydroxylation is 3. The van der Waals surface area contributed by atoms with E-state index in [1.54, 1.807) is 56.3 Å². The second-order valence-electron chi connectivity index (χ2n) is 7.02. The molecule has 0 spiro atoms. The Morgan fingerprint density at radius 1 is 0.935 bits per heavy atom. The van der Waals surface area contributed by atoms with Crippen LogP contribution in [0.2, 0.25) is 0 Å². The van der Waals surface area contributed by atoms with Crippen molar-refractivity contribution in [3.05, 3.63) is 64.2 Å². The first kappa shape index (κ1) is 22.4. The van der Waals surface area contributed by atoms with Crippen LogP contribution in [0.3, 0.4) is 0 Å². The third-order valence-electron chi connectivity index (χ3n) is 4.31. The molecule has 0 fully saturated rings. The number of aromatic nitrogens is 1. The first-order chi connectivity index (χ1) is 14.5. The van der Waals surface area contributed by atoms with Crippen molar-refractivity contribution in [2.45, 2.75) is 32.6 Å². The highest BCUT2D eigenvalue weighted by Crippen LogP contribution is 2.27. The zero-order valence-electron chi connectivity index (χ0n) is 17.4. The second kappa shape index (κ2) is 8.86. The van der Waals surface area contributed by atoms with Gasteiger partial charge in [-0.15, -0.1) is 0 Å². The van der Waals surface area contributed by atoms with E-state index >= 15 is 0 Å². The molecular weight excluding hydrogens is 436 g/mol. The molecule has 1 aromatic heterocycles. The van der Waals surface area contributed by atoms with Gasteiger partial charge in [-0.25, -0.2) is 13.4 Å². The van der Waals surface area contributed by atoms with Crippen LogP contribution in [-0.4, -0.2) is 25.2 Å². The normalized spacial score (nSPS) is 11.1. The van der Waals surface area contributed by atoms with Gasteiger partial charge in [0.2, 0.25) is 5.91 Å². The van der Waals surface area contributed by atoms with E-state index in [4.69, 9.17) is 0 Å². The average molecular weight is 459 g/mol. The minimum absolute atomic E-state index is 0.114. The van der Waals surface area contributed by atoms with E-state index in [1.807, 2.05) is 6.92 Å². The lowest BCUT2D eigenvalue weighted by atomic mass is 10.2. The monoisotopic (exact) mass is 458 g/mol. The van der Waals surface area contributed by atoms with E-state index in [9.17, 15) is 18.0 Å². The molecule has 0 aliphatic rings. The molecule has 0 bridgehead atoms. The molecule has 3 N–H and O–H groups in total. The molecule has 0 unspecified atom stereocenters. The predicted molar refractivity (Wildman–Crippen MR) is 122 cm³/mol. The van der Waals surface area contributed by atoms with E-state index in [-0.39, 0.29) is 15.9 Å². The van der Waals surface area contributed by atoms with Crippen LogP contribution in [0.1, 0.15) is 33.4 Å². The van der Waals surface area contributed by atoms with E-state index in [0.29, 0.717) is 27.5 Å². The molecule has 162 valence electrons. The van der Waals surface area contributed by atoms with Gasteiger partial charge in [-0.05, 0) is 56.7 Å². The summed E-state index contributed by atoms with van der Waals surface area (Å²) in [7, 11) is -3.83. The Balaban J connectivity index is 1.75. The van der Waals surface area contributed by atoms with Crippen molar-refractivity contribution in [1.29, 1.82) is 0 Å². The van der Waals surface area contributed by atoms with Gasteiger partial charge in [0, 0.05) is 18.3 Å². The van der Waals surface area contributed by atoms with Gasteiger partial charge in [-0.3, -0.25) is 14.3 Å². The van der Waals surface area contributed by atoms with Crippen molar-refractivity contribution in [3.8, 4) is 0 Å². The molecule has 10 heteroatoms. The zero-order chi connectivity index (χ0) is 22.8. The maximum atomic E-state index is 12.7. The molecule has 31 heavy (non-hydrogen) atoms. The lowest BCUT2D eigenvalue weighted by molar-refractivity contribution is -0.114. The average Bonchev–Trinajstić information content (AvgIpc) is 3.02. The Kier molecular flexibility index (Phi) is 6.42. The summed E-state index contributed by atoms with van der Waals surface area (Å²) in [6, 6.07) is 11.7. The molecule has 3 rings (SSSR count). The first-order valence-electron chi connectivity index (χ1n) is 9.31. The maximum Gasteiger partial charge on any atom is 0.267 e. The Morgan fingerprint density at radius 3 is 2.13 bits per heavy atom. The number of carbonyl (C=O) groups is 2. The van der Waals surface area contributed by atoms with Crippen LogP contribution in [-0.2, 0) is 14.8 Å². The van der Waals surface area contributed by atoms with Crippen molar-refractivity contribution < 1.29 is 18.0 Å². The van der Waals surface area contributed by atoms with Crippen LogP contribution >= 0.6 is 11.3 Å². The maximum absolute atomic E-state index is 12.7. The number of hydrogen-bond donors (Lipinski definition) is 3. The molecule has 0 aliphatic carbocycles. The Bertz CT molecular complexity index is 1250. The molecule has 2 aromatic carbocycles. The highest BCUT2D eigenvalue weighted by atomic mass is 32.2. The van der Waals surface area contributed by atoms with Gasteiger partial charge in [0.15, 0.2) is 5.13 Å². The van der Waals surface area contributed by atoms with Crippen molar-refractivity contribution in [1.82, 2.24) is 4.98 Å². The quantitative estimate of drug-likeness (QED) is 0.514. The zero-order valence-corrected chi connectivity index (χ0v) is 19.1. The highest BCUT2D eigenvalue weighted by molar-refractivity contribution is 7.93. The number of benzene rings is 2. The molecule has 3 aromatic rings. The molecule has 0 atom stereocenters. The molecule has 0 saturated carbocycles. The van der Waals surface area contributed by atoms with Gasteiger partial charge in [0.1, 0.15) is 4.88 Å². The summed E-state index contributed by atoms with van der Waals surface area (Å²) in [5, 5.41) is 5.51. The number of nitrogens with zero attached hydrogens (tertiary/aromatic N) is 1. The number of thiazole rings is 1. The standard InChI is InChI=1S/C21H22N4O4S2/c1-12-5-10-18(13(2)11-12)31(28,29)25-21-22-14(3)19(30-21)20(27)24-17-8-6-16(7-9-17)23-15(4)26/h5-11H,1-4H3,(H,22,25)(H,23,26)(H,24,27). The van der Waals surface area contributed by atoms with Crippen LogP contribution in [0.4, 0.5) is 16.5 Å². The van der Waals surface area contributed by atoms with E-state index in [2.05, 4.69) is 20.3 Å². The summed E-state index contributed by atoms with van der Waals surface area (Å²) in [6.45, 7) is 6.67. The summed E-state index contributed by atoms with van der Waals surface area (Å²) in [5.41, 5.74) is 3.15. The van der Waals surface area contributed by atoms with Gasteiger partial charge in [0.05, 0.1) is 10.6 Å². The molecule has 0 aliphatic heterocycles. The fourth-order valence-corrected chi connectivity index (χ4v) is 5.27. The minimum atomic E-state index is -3.83. The second-order valence-corrected chi connectivity index (χ2v) is 9.67. The summed E-state index contributed by atoms with van der Waals surface area (Å²) >= 11 is 0.959. The lowest BCUT2D eigenvalue weighted by Gasteiger charge is -2.08. The van der Waals surface area contributed by atoms with Crippen LogP contribution < -0.4 is 15.4 Å². The topological polar surface area (TPSA) is 117 Å². The number of sulfonamides is 1. The van der Waals surface area contributed by atoms with Crippen molar-refractivity contribution in [2.75, 3.05) is 15.4 Å². The minimum Gasteiger partial charge on any atom is -0.326 e. The van der Waals surface area contributed by atoms with Crippen molar-refractivity contribution in [3.63, 3.8) is 0 Å². The van der Waals surface area contributed by atoms with Gasteiger partial charge in [-0.2, -0.15) is 0 Å². The van der Waals surface area contributed by atoms with Crippen LogP contribution in [0.15, 0.2) is 47.4 Å². The number of hydrogen-bond acceptors (Lipinski definition) is 6. The summed E-state index contributed by atoms with van der Waals surface area (Å²) in [6.07, 6.45) is 0. The van der Waals surface area contributed by atoms with Crippen LogP contribution in [0, 0.1) is 20.8 Å². The fraction of sp³-hybridized carbons (Fsp3) is 0.190. The van der Waals surface area contributed by atoms with Crippen molar-refractivity contribution in [2.24, 2.45) is 0 Å². The number of rotatable bonds is 6. The number of carbonyl (C=O) groups excluding carboxylic acids is 2. The Labute approximate surface area is 184 Å². The lowest BCUT2D eigenvalue weighted by Crippen LogP contribution is -2.14. The Hall–Kier alpha value is -3.24. The molecule has 0 radical (unpaired) electrons. The summed E-state index contributed by atoms with van der Waals surface area (Å²) in [4.78, 5) is 28.4. The van der Waals surface area contributed by atoms with Gasteiger partial charge in [-0.1, -0.05) is 29.0 Å². The third kappa shape index (κ3) is 5.47. The van der Waals surface area contributed by atoms with Gasteiger partial charge < -0.3 is 10.6 Å².